The number of phenols is 1. The van der Waals surface area contributed by atoms with Gasteiger partial charge in [0, 0.05) is 118 Å². The van der Waals surface area contributed by atoms with E-state index in [1.54, 1.807) is 82.4 Å². The van der Waals surface area contributed by atoms with Crippen LogP contribution in [0.5, 0.6) is 5.75 Å². The molecule has 6 heterocycles. The number of para-hydroxylation sites is 2. The number of aromatic nitrogens is 2. The Morgan fingerprint density at radius 2 is 1.16 bits per heavy atom. The number of thioether (sulfide) groups is 1. The highest BCUT2D eigenvalue weighted by molar-refractivity contribution is 8.00. The van der Waals surface area contributed by atoms with Gasteiger partial charge in [-0.1, -0.05) is 116 Å². The van der Waals surface area contributed by atoms with Gasteiger partial charge in [0.1, 0.15) is 90.8 Å². The second-order valence-corrected chi connectivity index (χ2v) is 39.3. The highest BCUT2D eigenvalue weighted by atomic mass is 32.2. The number of aliphatic carboxylic acids is 2. The van der Waals surface area contributed by atoms with Gasteiger partial charge in [0.15, 0.2) is 5.78 Å². The van der Waals surface area contributed by atoms with Crippen molar-refractivity contribution in [1.82, 2.24) is 92.5 Å². The predicted octanol–water partition coefficient (Wildman–Crippen LogP) is -0.246. The first-order valence-corrected chi connectivity index (χ1v) is 50.4. The minimum absolute atomic E-state index is 0.00506. The van der Waals surface area contributed by atoms with Crippen LogP contribution in [0.25, 0.3) is 21.8 Å². The van der Waals surface area contributed by atoms with Crippen molar-refractivity contribution in [3.8, 4) is 18.1 Å². The number of hydrogen-bond acceptors (Lipinski definition) is 24. The summed E-state index contributed by atoms with van der Waals surface area (Å²) in [5.74, 6) is -19.2. The molecule has 4 saturated heterocycles. The van der Waals surface area contributed by atoms with Crippen LogP contribution in [0.4, 0.5) is 0 Å². The number of aromatic hydroxyl groups is 1. The van der Waals surface area contributed by atoms with Gasteiger partial charge >= 0.3 is 11.9 Å². The molecular weight excluding hydrogens is 1880 g/mol. The maximum absolute atomic E-state index is 16.1. The molecule has 0 unspecified atom stereocenters. The molecule has 144 heavy (non-hydrogen) atoms. The quantitative estimate of drug-likeness (QED) is 0.0264. The number of phenolic OH excluding ortho intramolecular Hbond substituents is 1. The number of carbonyl (C=O) groups is 19. The zero-order valence-electron chi connectivity index (χ0n) is 83.1. The molecule has 4 aliphatic heterocycles. The minimum atomic E-state index is -1.76. The Balaban J connectivity index is 1.13. The number of nitrogens with zero attached hydrogens (tertiary/aromatic N) is 6. The fourth-order valence-corrected chi connectivity index (χ4v) is 19.7. The number of fused-ring (bicyclic) bond motifs is 5. The van der Waals surface area contributed by atoms with Gasteiger partial charge in [-0.05, 0) is 137 Å². The molecular formula is C100H140N20O23S. The Hall–Kier alpha value is -13.5. The number of rotatable bonds is 30. The summed E-state index contributed by atoms with van der Waals surface area (Å²) in [6, 6.07) is -1.78. The van der Waals surface area contributed by atoms with E-state index < -0.39 is 265 Å². The van der Waals surface area contributed by atoms with Gasteiger partial charge in [-0.3, -0.25) is 86.3 Å². The van der Waals surface area contributed by atoms with Crippen molar-refractivity contribution in [2.45, 2.75) is 274 Å². The second-order valence-electron chi connectivity index (χ2n) is 38.3. The van der Waals surface area contributed by atoms with E-state index in [4.69, 9.17) is 17.9 Å². The highest BCUT2D eigenvalue weighted by Crippen LogP contribution is 2.32. The number of aliphatic hydroxyl groups excluding tert-OH is 1. The number of nitrogens with two attached hydrogens (primary N) is 2. The second kappa shape index (κ2) is 54.8. The zero-order chi connectivity index (χ0) is 105. The number of aliphatic hydroxyl groups is 1. The summed E-state index contributed by atoms with van der Waals surface area (Å²) in [5.41, 5.74) is 14.5. The summed E-state index contributed by atoms with van der Waals surface area (Å²) in [4.78, 5) is 289. The number of primary amides is 1. The number of carboxylic acids is 2. The lowest BCUT2D eigenvalue weighted by molar-refractivity contribution is -0.149. The summed E-state index contributed by atoms with van der Waals surface area (Å²) in [7, 11) is 4.16. The van der Waals surface area contributed by atoms with E-state index in [1.807, 2.05) is 13.8 Å². The molecule has 2 aromatic heterocycles. The molecule has 43 nitrogen and oxygen atoms in total. The van der Waals surface area contributed by atoms with Crippen molar-refractivity contribution in [3.05, 3.63) is 102 Å². The lowest BCUT2D eigenvalue weighted by atomic mass is 9.90. The molecule has 0 spiro atoms. The summed E-state index contributed by atoms with van der Waals surface area (Å²) in [6.07, 6.45) is 6.10. The molecule has 16 atom stereocenters. The Labute approximate surface area is 840 Å². The van der Waals surface area contributed by atoms with Crippen molar-refractivity contribution in [1.29, 1.82) is 0 Å². The Kier molecular flexibility index (Phi) is 43.4. The van der Waals surface area contributed by atoms with Crippen molar-refractivity contribution in [2.75, 3.05) is 71.9 Å². The van der Waals surface area contributed by atoms with E-state index in [1.165, 1.54) is 61.1 Å². The molecule has 4 aliphatic rings. The van der Waals surface area contributed by atoms with Gasteiger partial charge in [-0.15, -0.1) is 24.1 Å². The molecule has 20 N–H and O–H groups in total. The smallest absolute Gasteiger partial charge is 0.327 e. The third-order valence-corrected chi connectivity index (χ3v) is 27.3. The van der Waals surface area contributed by atoms with Crippen LogP contribution < -0.4 is 70.0 Å². The van der Waals surface area contributed by atoms with Crippen molar-refractivity contribution >= 4 is 146 Å². The first-order chi connectivity index (χ1) is 68.6. The fourth-order valence-electron chi connectivity index (χ4n) is 18.9. The van der Waals surface area contributed by atoms with Crippen molar-refractivity contribution in [3.63, 3.8) is 0 Å². The number of benzene rings is 3. The number of amides is 16. The highest BCUT2D eigenvalue weighted by Gasteiger charge is 2.48. The van der Waals surface area contributed by atoms with E-state index in [9.17, 15) is 63.6 Å². The predicted molar refractivity (Wildman–Crippen MR) is 532 cm³/mol. The van der Waals surface area contributed by atoms with Crippen molar-refractivity contribution in [2.24, 2.45) is 29.2 Å². The van der Waals surface area contributed by atoms with Crippen LogP contribution in [0.15, 0.2) is 85.2 Å². The van der Waals surface area contributed by atoms with Gasteiger partial charge in [-0.2, -0.15) is 0 Å². The van der Waals surface area contributed by atoms with Gasteiger partial charge in [0.2, 0.25) is 94.5 Å². The lowest BCUT2D eigenvalue weighted by Crippen LogP contribution is -2.62. The van der Waals surface area contributed by atoms with E-state index in [0.717, 1.165) is 31.4 Å². The molecule has 16 amide bonds. The van der Waals surface area contributed by atoms with Gasteiger partial charge in [-0.25, -0.2) is 4.79 Å². The lowest BCUT2D eigenvalue weighted by Gasteiger charge is -2.38. The van der Waals surface area contributed by atoms with Crippen LogP contribution in [0.3, 0.4) is 0 Å². The van der Waals surface area contributed by atoms with Gasteiger partial charge in [0.05, 0.1) is 30.9 Å². The molecule has 9 rings (SSSR count). The van der Waals surface area contributed by atoms with E-state index in [2.05, 4.69) is 69.4 Å². The first kappa shape index (κ1) is 114. The van der Waals surface area contributed by atoms with Crippen LogP contribution in [-0.4, -0.2) is 329 Å². The van der Waals surface area contributed by atoms with Crippen LogP contribution in [0, 0.1) is 30.1 Å². The van der Waals surface area contributed by atoms with Crippen LogP contribution >= 0.6 is 11.8 Å². The number of H-pyrrole nitrogens is 1. The summed E-state index contributed by atoms with van der Waals surface area (Å²) >= 11 is 0.749. The average Bonchev–Trinajstić information content (AvgIpc) is 1.65. The SMILES string of the molecule is C#CC[C@H](NC(=O)CNC(=O)[C@@H]1CSCC(=O)N[C@@H](Cc2ccc(O)cc2)C(=O)N2CCCC[C@H]2C(=O)N[C@@H](CC(N)=O)C(=O)N2CCC[C@H]2C(=O)N[C@@H](CNC)C(=O)N[C@@H](CC(C)C)C(=O)N2C[C@H](O)C[C@H]2C(=O)C[C@@H](Cc2c[nH]c3ccccc23)C(=O)N[C@@H](CCN)C(=O)N[C@@H](Cc2cn(CC(=O)O)c3ccccc23)C(=O)N(C)[C@@H](CCCC)C(=O)N(C)[C@@H](CCCC)C(=O)N[C@@H](CC(C)C)C(=O)N1)C(=O)O. The summed E-state index contributed by atoms with van der Waals surface area (Å²) < 4.78 is 1.44. The largest absolute Gasteiger partial charge is 0.508 e. The number of hydrogen-bond donors (Lipinski definition) is 18. The number of ketones is 1. The molecule has 0 radical (unpaired) electrons. The molecule has 0 aliphatic carbocycles. The number of terminal acetylenes is 1. The third-order valence-electron chi connectivity index (χ3n) is 26.3. The normalized spacial score (nSPS) is 24.7. The monoisotopic (exact) mass is 2020 g/mol. The third kappa shape index (κ3) is 31.7. The first-order valence-electron chi connectivity index (χ1n) is 49.2. The molecule has 4 fully saturated rings. The Bertz CT molecular complexity index is 5470. The molecule has 0 saturated carbocycles. The van der Waals surface area contributed by atoms with Gasteiger partial charge in [0.25, 0.3) is 0 Å². The summed E-state index contributed by atoms with van der Waals surface area (Å²) in [5, 5.41) is 72.4. The Morgan fingerprint density at radius 3 is 1.80 bits per heavy atom. The Morgan fingerprint density at radius 1 is 0.590 bits per heavy atom. The number of likely N-dealkylation sites (N-methyl/N-ethyl adjacent to an activating group) is 3. The molecule has 784 valence electrons. The number of nitrogens with one attached hydrogen (secondary N) is 12. The maximum Gasteiger partial charge on any atom is 0.327 e. The fraction of sp³-hybridized carbons (Fsp3) is 0.570. The number of Topliss-reactive ketones (excluding diaryl/α,β-unsaturated/α-hetero) is 1. The number of carbonyl (C=O) groups excluding carboxylic acids is 17. The number of aromatic amines is 1. The van der Waals surface area contributed by atoms with E-state index >= 15 is 47.9 Å². The standard InChI is InChI=1S/C100H140N20O23S/c1-11-14-27-77-92(134)109-69(40-56(4)5)90(132)114-75(88(130)105-50-84(125)106-68(23-13-3)100(142)143)54-144-55-85(126)107-71(42-58-32-34-62(121)35-33-58)96(138)118-38-21-20-30-78(118)93(135)112-73(47-83(102)124)97(139)119-39-22-31-79(119)94(136)113-74(49-103-8)91(133)110-70(41-57(6)7)98(140)120-52-63(122)46-81(120)82(123)45-59(43-60-48-104-66-26-18-16-24-64(60)66)87(129)108-67(36-37-101)89(131)111-72(95(137)116(10)80(28-15-12-2)99(141)115(77)9)44-61-51-117(53-86(127)128)76-29-19-17-25-65(61)76/h3,16-19,24-26,29,32-35,48,51,56-57,59,63,67-75,77-81,103-104,121-122H,11-12,14-15,20-23,27-28,30-31,36-47,49-50,52-55,101H2,1-2,4-10H3,(H2,102,124)(H,105,130)(H,106,125)(H,107,126)(H,108,129)(H,109,134)(H,110,133)(H,111,131)(H,112,135)(H,113,136)(H,114,132)(H,127,128)(H,142,143)/t59-,63-,67+,68+,69+,70+,71+,72+,73+,74+,75+,77+,78+,79+,80+,81+/m1/s1. The number of piperidine rings is 1. The van der Waals surface area contributed by atoms with Crippen LogP contribution in [0.2, 0.25) is 0 Å². The van der Waals surface area contributed by atoms with Crippen LogP contribution in [-0.2, 0) is 117 Å². The molecule has 0 bridgehead atoms. The van der Waals surface area contributed by atoms with E-state index in [-0.39, 0.29) is 115 Å². The molecule has 5 aromatic rings. The average molecular weight is 2020 g/mol. The van der Waals surface area contributed by atoms with E-state index in [0.29, 0.717) is 77.0 Å². The summed E-state index contributed by atoms with van der Waals surface area (Å²) in [6.45, 7) is 8.11. The molecule has 44 heteroatoms. The molecule has 3 aromatic carbocycles. The topological polar surface area (TPSA) is 627 Å². The maximum atomic E-state index is 16.1. The van der Waals surface area contributed by atoms with Gasteiger partial charge < -0.3 is 124 Å². The van der Waals surface area contributed by atoms with Crippen molar-refractivity contribution < 1.29 is 112 Å². The zero-order valence-corrected chi connectivity index (χ0v) is 83.9. The van der Waals surface area contributed by atoms with Crippen LogP contribution in [0.1, 0.15) is 174 Å². The minimum Gasteiger partial charge on any atom is -0.508 e. The number of carboxylic acid groups (broad SMARTS) is 2. The number of unbranched alkanes of at least 4 members (excludes halogenated alkanes) is 2.